The van der Waals surface area contributed by atoms with Crippen LogP contribution in [0.5, 0.6) is 0 Å². The molecule has 0 aliphatic heterocycles. The fraction of sp³-hybridized carbons (Fsp3) is 1.00. The Balaban J connectivity index is 3.18. The molecule has 0 heterocycles. The Kier molecular flexibility index (Phi) is 6.90. The highest BCUT2D eigenvalue weighted by Gasteiger charge is 2.11. The van der Waals surface area contributed by atoms with Crippen LogP contribution in [0.1, 0.15) is 6.92 Å². The summed E-state index contributed by atoms with van der Waals surface area (Å²) in [5, 5.41) is 20.2. The van der Waals surface area contributed by atoms with Crippen molar-refractivity contribution in [2.75, 3.05) is 13.2 Å². The second-order valence-corrected chi connectivity index (χ2v) is 6.00. The van der Waals surface area contributed by atoms with Gasteiger partial charge in [0, 0.05) is 13.2 Å². The van der Waals surface area contributed by atoms with E-state index < -0.39 is 14.1 Å². The monoisotopic (exact) mass is 146 g/mol. The Morgan fingerprint density at radius 1 is 1.11 bits per heavy atom. The molecular weight excluding hydrogens is 131 g/mol. The molecule has 0 aliphatic carbocycles. The lowest BCUT2D eigenvalue weighted by molar-refractivity contribution is 0.309. The van der Waals surface area contributed by atoms with Crippen LogP contribution in [0.3, 0.4) is 0 Å². The molecule has 0 amide bonds. The number of aliphatic hydroxyl groups is 2. The number of rotatable bonds is 5. The van der Waals surface area contributed by atoms with Crippen molar-refractivity contribution in [1.29, 1.82) is 0 Å². The first-order valence-corrected chi connectivity index (χ1v) is 6.01. The smallest absolute Gasteiger partial charge is 0.267 e. The highest BCUT2D eigenvalue weighted by Crippen LogP contribution is 2.02. The predicted octanol–water partition coefficient (Wildman–Crippen LogP) is 0.486. The molecule has 0 aliphatic rings. The van der Waals surface area contributed by atoms with Crippen LogP contribution in [0.4, 0.5) is 0 Å². The van der Waals surface area contributed by atoms with E-state index in [1.807, 2.05) is 0 Å². The number of hydrogen-bond acceptors (Lipinski definition) is 2. The maximum Gasteiger partial charge on any atom is 0.267 e. The lowest BCUT2D eigenvalue weighted by Gasteiger charge is -2.02. The van der Waals surface area contributed by atoms with Gasteiger partial charge >= 0.3 is 0 Å². The summed E-state index contributed by atoms with van der Waals surface area (Å²) < 4.78 is 0. The Labute approximate surface area is 60.9 Å². The first kappa shape index (κ1) is 9.45. The summed E-state index contributed by atoms with van der Waals surface area (Å²) >= 11 is -0.713. The van der Waals surface area contributed by atoms with Gasteiger partial charge in [0.15, 0.2) is 0 Å². The molecule has 3 heteroatoms. The van der Waals surface area contributed by atoms with Gasteiger partial charge in [0.2, 0.25) is 0 Å². The van der Waals surface area contributed by atoms with E-state index in [1.54, 1.807) is 0 Å². The standard InChI is InChI=1S/2C2H5O.C2H5.Al/c2*1-2-3;1-2;/h2*3H,1-2H2;1H2,2H3;. The number of hydrogen-bond donors (Lipinski definition) is 2. The summed E-state index contributed by atoms with van der Waals surface area (Å²) in [6, 6.07) is 0. The van der Waals surface area contributed by atoms with Crippen molar-refractivity contribution in [3.8, 4) is 0 Å². The lowest BCUT2D eigenvalue weighted by Crippen LogP contribution is -2.13. The van der Waals surface area contributed by atoms with Gasteiger partial charge in [-0.15, -0.1) is 0 Å². The highest BCUT2D eigenvalue weighted by molar-refractivity contribution is 6.58. The van der Waals surface area contributed by atoms with Crippen molar-refractivity contribution < 1.29 is 10.2 Å². The van der Waals surface area contributed by atoms with E-state index in [0.29, 0.717) is 13.2 Å². The van der Waals surface area contributed by atoms with Gasteiger partial charge in [0.25, 0.3) is 14.1 Å². The van der Waals surface area contributed by atoms with E-state index in [-0.39, 0.29) is 0 Å². The van der Waals surface area contributed by atoms with Crippen LogP contribution >= 0.6 is 0 Å². The molecule has 0 spiro atoms. The molecule has 0 aromatic carbocycles. The van der Waals surface area contributed by atoms with Gasteiger partial charge in [-0.25, -0.2) is 0 Å². The van der Waals surface area contributed by atoms with Crippen molar-refractivity contribution in [2.45, 2.75) is 22.8 Å². The fourth-order valence-electron chi connectivity index (χ4n) is 0.918. The topological polar surface area (TPSA) is 40.5 Å². The summed E-state index contributed by atoms with van der Waals surface area (Å²) in [6.07, 6.45) is 0. The third-order valence-corrected chi connectivity index (χ3v) is 4.96. The van der Waals surface area contributed by atoms with Crippen LogP contribution in [0.15, 0.2) is 0 Å². The van der Waals surface area contributed by atoms with Gasteiger partial charge in [0.05, 0.1) is 0 Å². The molecule has 0 aromatic heterocycles. The minimum atomic E-state index is -0.713. The van der Waals surface area contributed by atoms with Crippen molar-refractivity contribution >= 4 is 14.1 Å². The average Bonchev–Trinajstić information content (AvgIpc) is 1.88. The van der Waals surface area contributed by atoms with Crippen LogP contribution < -0.4 is 0 Å². The maximum absolute atomic E-state index is 8.55. The van der Waals surface area contributed by atoms with Gasteiger partial charge in [-0.1, -0.05) is 22.8 Å². The molecule has 0 atom stereocenters. The molecule has 0 saturated heterocycles. The molecule has 0 aromatic rings. The van der Waals surface area contributed by atoms with Crippen molar-refractivity contribution in [3.05, 3.63) is 0 Å². The van der Waals surface area contributed by atoms with E-state index in [1.165, 1.54) is 5.28 Å². The van der Waals surface area contributed by atoms with E-state index >= 15 is 0 Å². The summed E-state index contributed by atoms with van der Waals surface area (Å²) in [4.78, 5) is 0. The zero-order valence-corrected chi connectivity index (χ0v) is 7.16. The highest BCUT2D eigenvalue weighted by atomic mass is 27.2. The molecule has 0 radical (unpaired) electrons. The quantitative estimate of drug-likeness (QED) is 0.554. The second kappa shape index (κ2) is 6.57. The molecule has 2 nitrogen and oxygen atoms in total. The average molecular weight is 146 g/mol. The third kappa shape index (κ3) is 4.93. The first-order chi connectivity index (χ1) is 4.35. The first-order valence-electron chi connectivity index (χ1n) is 3.56. The van der Waals surface area contributed by atoms with Crippen LogP contribution in [0.2, 0.25) is 15.8 Å². The van der Waals surface area contributed by atoms with Gasteiger partial charge < -0.3 is 10.2 Å². The molecular formula is C6H15AlO2. The molecule has 2 N–H and O–H groups in total. The summed E-state index contributed by atoms with van der Waals surface area (Å²) in [5.74, 6) is 0. The zero-order chi connectivity index (χ0) is 7.11. The number of aliphatic hydroxyl groups excluding tert-OH is 2. The predicted molar refractivity (Wildman–Crippen MR) is 40.0 cm³/mol. The van der Waals surface area contributed by atoms with Gasteiger partial charge in [0.1, 0.15) is 0 Å². The largest absolute Gasteiger partial charge is 0.398 e. The molecule has 0 rings (SSSR count). The lowest BCUT2D eigenvalue weighted by atomic mass is 10.8. The Morgan fingerprint density at radius 3 is 1.78 bits per heavy atom. The molecule has 0 unspecified atom stereocenters. The summed E-state index contributed by atoms with van der Waals surface area (Å²) in [5.41, 5.74) is 0. The SMILES string of the molecule is C[CH2][Al]([CH2]CO)[CH2]CO. The van der Waals surface area contributed by atoms with Gasteiger partial charge in [-0.2, -0.15) is 0 Å². The molecule has 54 valence electrons. The Morgan fingerprint density at radius 2 is 1.56 bits per heavy atom. The molecule has 0 saturated carbocycles. The molecule has 0 bridgehead atoms. The van der Waals surface area contributed by atoms with Crippen molar-refractivity contribution in [1.82, 2.24) is 0 Å². The summed E-state index contributed by atoms with van der Waals surface area (Å²) in [6.45, 7) is 2.76. The normalized spacial score (nSPS) is 9.67. The minimum Gasteiger partial charge on any atom is -0.398 e. The third-order valence-electron chi connectivity index (χ3n) is 1.65. The minimum absolute atomic E-state index is 0.310. The Bertz CT molecular complexity index is 53.0. The molecule has 0 fully saturated rings. The van der Waals surface area contributed by atoms with Gasteiger partial charge in [-0.05, 0) is 0 Å². The van der Waals surface area contributed by atoms with Crippen LogP contribution in [-0.2, 0) is 0 Å². The van der Waals surface area contributed by atoms with Crippen molar-refractivity contribution in [3.63, 3.8) is 0 Å². The van der Waals surface area contributed by atoms with Crippen LogP contribution in [-0.4, -0.2) is 37.6 Å². The van der Waals surface area contributed by atoms with Crippen molar-refractivity contribution in [2.24, 2.45) is 0 Å². The summed E-state index contributed by atoms with van der Waals surface area (Å²) in [7, 11) is 0. The zero-order valence-electron chi connectivity index (χ0n) is 6.01. The molecule has 9 heavy (non-hydrogen) atoms. The van der Waals surface area contributed by atoms with E-state index in [2.05, 4.69) is 6.92 Å². The Hall–Kier alpha value is 0.452. The van der Waals surface area contributed by atoms with E-state index in [0.717, 1.165) is 10.6 Å². The van der Waals surface area contributed by atoms with E-state index in [4.69, 9.17) is 10.2 Å². The fourth-order valence-corrected chi connectivity index (χ4v) is 2.75. The second-order valence-electron chi connectivity index (χ2n) is 2.30. The maximum atomic E-state index is 8.55. The van der Waals surface area contributed by atoms with Crippen LogP contribution in [0.25, 0.3) is 0 Å². The van der Waals surface area contributed by atoms with Crippen LogP contribution in [0, 0.1) is 0 Å². The van der Waals surface area contributed by atoms with Gasteiger partial charge in [-0.3, -0.25) is 0 Å². The van der Waals surface area contributed by atoms with E-state index in [9.17, 15) is 0 Å².